The van der Waals surface area contributed by atoms with Gasteiger partial charge in [0.15, 0.2) is 0 Å². The van der Waals surface area contributed by atoms with Crippen molar-refractivity contribution < 1.29 is 0 Å². The Balaban J connectivity index is 1.94. The number of hydrogen-bond acceptors (Lipinski definition) is 1. The van der Waals surface area contributed by atoms with Crippen molar-refractivity contribution in [3.63, 3.8) is 0 Å². The molecule has 1 rings (SSSR count). The summed E-state index contributed by atoms with van der Waals surface area (Å²) in [7, 11) is 0. The predicted molar refractivity (Wildman–Crippen MR) is 132 cm³/mol. The van der Waals surface area contributed by atoms with E-state index in [1.54, 1.807) is 0 Å². The van der Waals surface area contributed by atoms with Gasteiger partial charge in [0, 0.05) is 11.5 Å². The summed E-state index contributed by atoms with van der Waals surface area (Å²) < 4.78 is 0. The quantitative estimate of drug-likeness (QED) is 0.230. The van der Waals surface area contributed by atoms with Crippen molar-refractivity contribution in [3.8, 4) is 0 Å². The summed E-state index contributed by atoms with van der Waals surface area (Å²) in [6.45, 7) is 6.65. The summed E-state index contributed by atoms with van der Waals surface area (Å²) in [5.74, 6) is 0.468. The van der Waals surface area contributed by atoms with Crippen molar-refractivity contribution in [1.29, 1.82) is 0 Å². The zero-order valence-corrected chi connectivity index (χ0v) is 20.1. The van der Waals surface area contributed by atoms with Crippen molar-refractivity contribution in [2.24, 2.45) is 5.73 Å². The molecule has 0 amide bonds. The van der Waals surface area contributed by atoms with Gasteiger partial charge in [-0.3, -0.25) is 0 Å². The fraction of sp³-hybridized carbons (Fsp3) is 0.786. The first-order chi connectivity index (χ1) is 14.1. The van der Waals surface area contributed by atoms with Crippen molar-refractivity contribution >= 4 is 0 Å². The molecule has 0 saturated heterocycles. The zero-order chi connectivity index (χ0) is 21.2. The second kappa shape index (κ2) is 16.9. The fourth-order valence-electron chi connectivity index (χ4n) is 4.55. The van der Waals surface area contributed by atoms with Gasteiger partial charge in [-0.25, -0.2) is 0 Å². The Hall–Kier alpha value is -0.820. The van der Waals surface area contributed by atoms with Crippen LogP contribution >= 0.6 is 0 Å². The third-order valence-corrected chi connectivity index (χ3v) is 6.45. The monoisotopic (exact) mass is 401 g/mol. The van der Waals surface area contributed by atoms with Crippen LogP contribution in [0.5, 0.6) is 0 Å². The highest BCUT2D eigenvalue weighted by atomic mass is 14.7. The smallest absolute Gasteiger partial charge is 0.0166 e. The number of benzene rings is 1. The SMILES string of the molecule is CCCCCCCCCCCCCCCCCCC(c1ccccc1)C(C)(C)N. The average Bonchev–Trinajstić information content (AvgIpc) is 2.70. The van der Waals surface area contributed by atoms with E-state index in [4.69, 9.17) is 5.73 Å². The molecule has 29 heavy (non-hydrogen) atoms. The first-order valence-corrected chi connectivity index (χ1v) is 12.9. The van der Waals surface area contributed by atoms with Crippen LogP contribution in [0.25, 0.3) is 0 Å². The minimum Gasteiger partial charge on any atom is -0.325 e. The first kappa shape index (κ1) is 26.2. The van der Waals surface area contributed by atoms with Gasteiger partial charge in [-0.1, -0.05) is 140 Å². The molecule has 0 aliphatic carbocycles. The van der Waals surface area contributed by atoms with Crippen LogP contribution in [0, 0.1) is 0 Å². The lowest BCUT2D eigenvalue weighted by Gasteiger charge is -2.31. The molecule has 0 aliphatic rings. The van der Waals surface area contributed by atoms with E-state index in [2.05, 4.69) is 51.1 Å². The zero-order valence-electron chi connectivity index (χ0n) is 20.1. The topological polar surface area (TPSA) is 26.0 Å². The van der Waals surface area contributed by atoms with Crippen LogP contribution in [0.2, 0.25) is 0 Å². The standard InChI is InChI=1S/C28H51N/c1-4-5-6-7-8-9-10-11-12-13-14-15-16-17-18-22-25-27(28(2,3)29)26-23-20-19-21-24-26/h19-21,23-24,27H,4-18,22,25,29H2,1-3H3. The molecule has 0 saturated carbocycles. The minimum absolute atomic E-state index is 0.142. The normalized spacial score (nSPS) is 13.0. The second-order valence-electron chi connectivity index (χ2n) is 9.88. The van der Waals surface area contributed by atoms with Gasteiger partial charge >= 0.3 is 0 Å². The lowest BCUT2D eigenvalue weighted by atomic mass is 9.79. The molecular formula is C28H51N. The summed E-state index contributed by atoms with van der Waals surface area (Å²) in [6.07, 6.45) is 24.0. The molecule has 0 aromatic heterocycles. The van der Waals surface area contributed by atoms with Crippen LogP contribution in [0.3, 0.4) is 0 Å². The van der Waals surface area contributed by atoms with E-state index < -0.39 is 0 Å². The molecule has 1 nitrogen and oxygen atoms in total. The summed E-state index contributed by atoms with van der Waals surface area (Å²) in [5.41, 5.74) is 7.74. The fourth-order valence-corrected chi connectivity index (χ4v) is 4.55. The summed E-state index contributed by atoms with van der Waals surface area (Å²) in [6, 6.07) is 10.9. The molecule has 0 radical (unpaired) electrons. The van der Waals surface area contributed by atoms with E-state index in [0.717, 1.165) is 0 Å². The van der Waals surface area contributed by atoms with Gasteiger partial charge in [-0.05, 0) is 25.8 Å². The Morgan fingerprint density at radius 3 is 1.38 bits per heavy atom. The lowest BCUT2D eigenvalue weighted by molar-refractivity contribution is 0.376. The van der Waals surface area contributed by atoms with E-state index >= 15 is 0 Å². The van der Waals surface area contributed by atoms with E-state index in [9.17, 15) is 0 Å². The molecule has 1 atom stereocenters. The summed E-state index contributed by atoms with van der Waals surface area (Å²) >= 11 is 0. The Morgan fingerprint density at radius 1 is 0.621 bits per heavy atom. The molecule has 2 N–H and O–H groups in total. The minimum atomic E-state index is -0.142. The van der Waals surface area contributed by atoms with Crippen LogP contribution in [0.1, 0.15) is 141 Å². The lowest BCUT2D eigenvalue weighted by Crippen LogP contribution is -2.39. The third kappa shape index (κ3) is 13.9. The number of hydrogen-bond donors (Lipinski definition) is 1. The van der Waals surface area contributed by atoms with E-state index in [1.807, 2.05) is 0 Å². The maximum Gasteiger partial charge on any atom is 0.0166 e. The second-order valence-corrected chi connectivity index (χ2v) is 9.88. The average molecular weight is 402 g/mol. The molecule has 168 valence electrons. The Bertz CT molecular complexity index is 459. The number of unbranched alkanes of at least 4 members (excludes halogenated alkanes) is 15. The van der Waals surface area contributed by atoms with E-state index in [0.29, 0.717) is 5.92 Å². The van der Waals surface area contributed by atoms with Crippen molar-refractivity contribution in [2.45, 2.75) is 141 Å². The maximum absolute atomic E-state index is 6.48. The highest BCUT2D eigenvalue weighted by molar-refractivity contribution is 5.22. The largest absolute Gasteiger partial charge is 0.325 e. The van der Waals surface area contributed by atoms with Crippen LogP contribution in [-0.4, -0.2) is 5.54 Å². The molecular weight excluding hydrogens is 350 g/mol. The van der Waals surface area contributed by atoms with Crippen molar-refractivity contribution in [3.05, 3.63) is 35.9 Å². The number of rotatable bonds is 19. The Morgan fingerprint density at radius 2 is 1.00 bits per heavy atom. The van der Waals surface area contributed by atoms with Crippen molar-refractivity contribution in [2.75, 3.05) is 0 Å². The predicted octanol–water partition coefficient (Wildman–Crippen LogP) is 9.16. The summed E-state index contributed by atoms with van der Waals surface area (Å²) in [4.78, 5) is 0. The molecule has 0 bridgehead atoms. The van der Waals surface area contributed by atoms with Gasteiger partial charge in [0.05, 0.1) is 0 Å². The molecule has 1 heteroatoms. The highest BCUT2D eigenvalue weighted by Gasteiger charge is 2.25. The summed E-state index contributed by atoms with van der Waals surface area (Å²) in [5, 5.41) is 0. The molecule has 1 unspecified atom stereocenters. The Kier molecular flexibility index (Phi) is 15.3. The number of nitrogens with two attached hydrogens (primary N) is 1. The molecule has 0 fully saturated rings. The first-order valence-electron chi connectivity index (χ1n) is 12.9. The molecule has 0 aliphatic heterocycles. The van der Waals surface area contributed by atoms with Crippen molar-refractivity contribution in [1.82, 2.24) is 0 Å². The molecule has 1 aromatic rings. The van der Waals surface area contributed by atoms with Gasteiger partial charge in [0.1, 0.15) is 0 Å². The van der Waals surface area contributed by atoms with Gasteiger partial charge in [-0.15, -0.1) is 0 Å². The van der Waals surface area contributed by atoms with Gasteiger partial charge in [-0.2, -0.15) is 0 Å². The third-order valence-electron chi connectivity index (χ3n) is 6.45. The van der Waals surface area contributed by atoms with Gasteiger partial charge in [0.25, 0.3) is 0 Å². The van der Waals surface area contributed by atoms with Gasteiger partial charge in [0.2, 0.25) is 0 Å². The van der Waals surface area contributed by atoms with Crippen LogP contribution in [-0.2, 0) is 0 Å². The van der Waals surface area contributed by atoms with Gasteiger partial charge < -0.3 is 5.73 Å². The van der Waals surface area contributed by atoms with Crippen LogP contribution in [0.4, 0.5) is 0 Å². The van der Waals surface area contributed by atoms with Crippen LogP contribution < -0.4 is 5.73 Å². The molecule has 0 heterocycles. The Labute approximate surface area is 183 Å². The van der Waals surface area contributed by atoms with E-state index in [-0.39, 0.29) is 5.54 Å². The maximum atomic E-state index is 6.48. The molecule has 1 aromatic carbocycles. The van der Waals surface area contributed by atoms with E-state index in [1.165, 1.54) is 115 Å². The molecule has 0 spiro atoms. The van der Waals surface area contributed by atoms with Crippen LogP contribution in [0.15, 0.2) is 30.3 Å². The highest BCUT2D eigenvalue weighted by Crippen LogP contribution is 2.31.